The summed E-state index contributed by atoms with van der Waals surface area (Å²) in [5.74, 6) is -0.185. The number of anilines is 3. The number of amides is 1. The first kappa shape index (κ1) is 20.7. The third-order valence-electron chi connectivity index (χ3n) is 4.16. The zero-order valence-corrected chi connectivity index (χ0v) is 17.1. The van der Waals surface area contributed by atoms with Gasteiger partial charge in [-0.15, -0.1) is 0 Å². The van der Waals surface area contributed by atoms with Crippen molar-refractivity contribution in [2.75, 3.05) is 31.3 Å². The number of carbonyl (C=O) groups is 1. The van der Waals surface area contributed by atoms with Crippen LogP contribution in [0.15, 0.2) is 48.8 Å². The maximum atomic E-state index is 13.4. The molecule has 0 unspecified atom stereocenters. The van der Waals surface area contributed by atoms with E-state index in [0.717, 1.165) is 5.56 Å². The van der Waals surface area contributed by atoms with E-state index in [-0.39, 0.29) is 10.9 Å². The molecule has 0 atom stereocenters. The van der Waals surface area contributed by atoms with Gasteiger partial charge in [0, 0.05) is 29.4 Å². The normalized spacial score (nSPS) is 11.4. The lowest BCUT2D eigenvalue weighted by molar-refractivity contribution is -0.111. The second-order valence-electron chi connectivity index (χ2n) is 6.81. The lowest BCUT2D eigenvalue weighted by atomic mass is 10.1. The van der Waals surface area contributed by atoms with Gasteiger partial charge in [0.05, 0.1) is 10.5 Å². The van der Waals surface area contributed by atoms with Crippen molar-refractivity contribution in [1.82, 2.24) is 14.9 Å². The zero-order chi connectivity index (χ0) is 21.0. The van der Waals surface area contributed by atoms with Crippen molar-refractivity contribution in [3.05, 3.63) is 65.2 Å². The zero-order valence-electron chi connectivity index (χ0n) is 16.3. The van der Waals surface area contributed by atoms with Crippen LogP contribution < -0.4 is 10.6 Å². The largest absolute Gasteiger partial charge is 0.340 e. The molecule has 0 spiro atoms. The molecule has 0 aliphatic rings. The number of rotatable bonds is 6. The Bertz CT molecular complexity index is 1080. The Balaban J connectivity index is 1.90. The van der Waals surface area contributed by atoms with Crippen LogP contribution >= 0.6 is 11.6 Å². The van der Waals surface area contributed by atoms with Crippen LogP contribution in [0.4, 0.5) is 21.6 Å². The van der Waals surface area contributed by atoms with Crippen LogP contribution in [0.5, 0.6) is 0 Å². The van der Waals surface area contributed by atoms with Crippen LogP contribution in [-0.4, -0.2) is 41.4 Å². The summed E-state index contributed by atoms with van der Waals surface area (Å²) < 4.78 is 13.4. The molecular formula is C21H21ClFN5O. The number of hydrogen-bond donors (Lipinski definition) is 2. The Labute approximate surface area is 173 Å². The van der Waals surface area contributed by atoms with Gasteiger partial charge >= 0.3 is 0 Å². The van der Waals surface area contributed by atoms with Crippen molar-refractivity contribution >= 4 is 45.6 Å². The number of benzene rings is 2. The minimum absolute atomic E-state index is 0.0154. The van der Waals surface area contributed by atoms with Gasteiger partial charge in [-0.1, -0.05) is 17.7 Å². The molecule has 2 N–H and O–H groups in total. The van der Waals surface area contributed by atoms with Crippen molar-refractivity contribution in [2.24, 2.45) is 0 Å². The Hall–Kier alpha value is -3.03. The molecule has 6 nitrogen and oxygen atoms in total. The number of hydrogen-bond acceptors (Lipinski definition) is 5. The van der Waals surface area contributed by atoms with Crippen LogP contribution in [0, 0.1) is 12.7 Å². The van der Waals surface area contributed by atoms with Gasteiger partial charge in [-0.25, -0.2) is 14.4 Å². The molecule has 3 aromatic rings. The number of carbonyl (C=O) groups excluding carboxylic acids is 1. The van der Waals surface area contributed by atoms with Crippen molar-refractivity contribution < 1.29 is 9.18 Å². The molecule has 29 heavy (non-hydrogen) atoms. The van der Waals surface area contributed by atoms with E-state index in [4.69, 9.17) is 11.6 Å². The first-order valence-corrected chi connectivity index (χ1v) is 9.31. The highest BCUT2D eigenvalue weighted by atomic mass is 35.5. The average Bonchev–Trinajstić information content (AvgIpc) is 2.65. The standard InChI is InChI=1S/C21H21ClFN5O/c1-13-9-19-15(11-18(13)27-20(29)5-4-8-28(2)3)21(25-12-24-19)26-14-6-7-17(23)16(22)10-14/h4-7,9-12H,8H2,1-3H3,(H,27,29)(H,24,25,26)/b5-4+. The third kappa shape index (κ3) is 5.28. The molecule has 0 fully saturated rings. The highest BCUT2D eigenvalue weighted by molar-refractivity contribution is 6.31. The summed E-state index contributed by atoms with van der Waals surface area (Å²) in [5, 5.41) is 6.74. The smallest absolute Gasteiger partial charge is 0.248 e. The highest BCUT2D eigenvalue weighted by Crippen LogP contribution is 2.29. The van der Waals surface area contributed by atoms with Crippen LogP contribution in [0.3, 0.4) is 0 Å². The van der Waals surface area contributed by atoms with Gasteiger partial charge in [0.2, 0.25) is 5.91 Å². The van der Waals surface area contributed by atoms with E-state index in [1.165, 1.54) is 24.5 Å². The Morgan fingerprint density at radius 3 is 2.76 bits per heavy atom. The topological polar surface area (TPSA) is 70.1 Å². The highest BCUT2D eigenvalue weighted by Gasteiger charge is 2.10. The van der Waals surface area contributed by atoms with Crippen molar-refractivity contribution in [3.63, 3.8) is 0 Å². The van der Waals surface area contributed by atoms with Gasteiger partial charge in [-0.05, 0) is 56.9 Å². The van der Waals surface area contributed by atoms with Crippen LogP contribution in [0.25, 0.3) is 10.9 Å². The molecule has 150 valence electrons. The Morgan fingerprint density at radius 2 is 2.03 bits per heavy atom. The molecule has 3 rings (SSSR count). The van der Waals surface area contributed by atoms with E-state index in [2.05, 4.69) is 20.6 Å². The molecule has 0 saturated heterocycles. The molecule has 2 aromatic carbocycles. The Morgan fingerprint density at radius 1 is 1.24 bits per heavy atom. The van der Waals surface area contributed by atoms with E-state index in [0.29, 0.717) is 34.6 Å². The number of likely N-dealkylation sites (N-methyl/N-ethyl adjacent to an activating group) is 1. The number of nitrogens with zero attached hydrogens (tertiary/aromatic N) is 3. The fraction of sp³-hybridized carbons (Fsp3) is 0.190. The second kappa shape index (κ2) is 8.98. The molecule has 0 aliphatic heterocycles. The first-order valence-electron chi connectivity index (χ1n) is 8.93. The summed E-state index contributed by atoms with van der Waals surface area (Å²) in [6.07, 6.45) is 4.74. The van der Waals surface area contributed by atoms with Gasteiger partial charge in [-0.2, -0.15) is 0 Å². The lowest BCUT2D eigenvalue weighted by Gasteiger charge is -2.12. The number of aryl methyl sites for hydroxylation is 1. The summed E-state index contributed by atoms with van der Waals surface area (Å²) in [5.41, 5.74) is 2.84. The number of aromatic nitrogens is 2. The van der Waals surface area contributed by atoms with Gasteiger partial charge in [0.15, 0.2) is 0 Å². The van der Waals surface area contributed by atoms with Crippen molar-refractivity contribution in [2.45, 2.75) is 6.92 Å². The number of fused-ring (bicyclic) bond motifs is 1. The fourth-order valence-electron chi connectivity index (χ4n) is 2.70. The van der Waals surface area contributed by atoms with Crippen molar-refractivity contribution in [1.29, 1.82) is 0 Å². The summed E-state index contributed by atoms with van der Waals surface area (Å²) in [6, 6.07) is 8.03. The fourth-order valence-corrected chi connectivity index (χ4v) is 2.88. The molecule has 0 radical (unpaired) electrons. The monoisotopic (exact) mass is 413 g/mol. The Kier molecular flexibility index (Phi) is 6.41. The SMILES string of the molecule is Cc1cc2ncnc(Nc3ccc(F)c(Cl)c3)c2cc1NC(=O)/C=C/CN(C)C. The lowest BCUT2D eigenvalue weighted by Crippen LogP contribution is -2.13. The predicted molar refractivity (Wildman–Crippen MR) is 115 cm³/mol. The number of halogens is 2. The average molecular weight is 414 g/mol. The van der Waals surface area contributed by atoms with E-state index in [9.17, 15) is 9.18 Å². The minimum atomic E-state index is -0.493. The van der Waals surface area contributed by atoms with Crippen LogP contribution in [0.1, 0.15) is 5.56 Å². The second-order valence-corrected chi connectivity index (χ2v) is 7.22. The molecule has 1 heterocycles. The third-order valence-corrected chi connectivity index (χ3v) is 4.45. The van der Waals surface area contributed by atoms with Gasteiger partial charge in [0.25, 0.3) is 0 Å². The summed E-state index contributed by atoms with van der Waals surface area (Å²) in [7, 11) is 3.86. The molecule has 0 aliphatic carbocycles. The van der Waals surface area contributed by atoms with E-state index >= 15 is 0 Å². The predicted octanol–water partition coefficient (Wildman–Crippen LogP) is 4.53. The minimum Gasteiger partial charge on any atom is -0.340 e. The molecule has 1 amide bonds. The van der Waals surface area contributed by atoms with Crippen LogP contribution in [0.2, 0.25) is 5.02 Å². The maximum absolute atomic E-state index is 13.4. The molecule has 1 aromatic heterocycles. The quantitative estimate of drug-likeness (QED) is 0.581. The summed E-state index contributed by atoms with van der Waals surface area (Å²) in [6.45, 7) is 2.57. The van der Waals surface area contributed by atoms with E-state index < -0.39 is 5.82 Å². The van der Waals surface area contributed by atoms with Crippen LogP contribution in [-0.2, 0) is 4.79 Å². The molecule has 8 heteroatoms. The summed E-state index contributed by atoms with van der Waals surface area (Å²) in [4.78, 5) is 22.8. The van der Waals surface area contributed by atoms with E-state index in [1.54, 1.807) is 12.1 Å². The summed E-state index contributed by atoms with van der Waals surface area (Å²) >= 11 is 5.86. The van der Waals surface area contributed by atoms with Gasteiger partial charge < -0.3 is 15.5 Å². The first-order chi connectivity index (χ1) is 13.8. The number of nitrogens with one attached hydrogen (secondary N) is 2. The van der Waals surface area contributed by atoms with Crippen molar-refractivity contribution in [3.8, 4) is 0 Å². The maximum Gasteiger partial charge on any atom is 0.248 e. The molecule has 0 saturated carbocycles. The van der Waals surface area contributed by atoms with E-state index in [1.807, 2.05) is 38.1 Å². The molecular weight excluding hydrogens is 393 g/mol. The molecule has 0 bridgehead atoms. The van der Waals surface area contributed by atoms with Gasteiger partial charge in [-0.3, -0.25) is 4.79 Å². The van der Waals surface area contributed by atoms with Gasteiger partial charge in [0.1, 0.15) is 18.0 Å².